The number of nitrogens with zero attached hydrogens (tertiary/aromatic N) is 3. The van der Waals surface area contributed by atoms with Gasteiger partial charge in [0.25, 0.3) is 0 Å². The van der Waals surface area contributed by atoms with Crippen LogP contribution in [-0.4, -0.2) is 47.4 Å². The molecule has 0 bridgehead atoms. The molecular weight excluding hydrogens is 412 g/mol. The second-order valence-electron chi connectivity index (χ2n) is 8.10. The zero-order chi connectivity index (χ0) is 19.1. The van der Waals surface area contributed by atoms with Gasteiger partial charge >= 0.3 is 0 Å². The third-order valence-electron chi connectivity index (χ3n) is 5.93. The van der Waals surface area contributed by atoms with Gasteiger partial charge in [0.2, 0.25) is 5.91 Å². The Kier molecular flexibility index (Phi) is 7.66. The van der Waals surface area contributed by atoms with Crippen LogP contribution in [0.2, 0.25) is 0 Å². The summed E-state index contributed by atoms with van der Waals surface area (Å²) in [5, 5.41) is 0. The fourth-order valence-electron chi connectivity index (χ4n) is 4.96. The summed E-state index contributed by atoms with van der Waals surface area (Å²) >= 11 is 0. The van der Waals surface area contributed by atoms with Crippen molar-refractivity contribution in [3.05, 3.63) is 64.7 Å². The molecule has 7 heteroatoms. The van der Waals surface area contributed by atoms with Crippen molar-refractivity contribution in [2.75, 3.05) is 26.7 Å². The Morgan fingerprint density at radius 3 is 2.45 bits per heavy atom. The lowest BCUT2D eigenvalue weighted by Crippen LogP contribution is -2.34. The highest BCUT2D eigenvalue weighted by Gasteiger charge is 2.47. The number of benzene rings is 1. The molecule has 2 saturated heterocycles. The average Bonchev–Trinajstić information content (AvgIpc) is 3.10. The van der Waals surface area contributed by atoms with E-state index in [2.05, 4.69) is 16.9 Å². The summed E-state index contributed by atoms with van der Waals surface area (Å²) in [6.07, 6.45) is 0.421. The minimum atomic E-state index is -0.196. The second-order valence-corrected chi connectivity index (χ2v) is 8.10. The molecule has 0 unspecified atom stereocenters. The zero-order valence-electron chi connectivity index (χ0n) is 17.0. The molecule has 4 rings (SSSR count). The molecule has 0 spiro atoms. The summed E-state index contributed by atoms with van der Waals surface area (Å²) in [6.45, 7) is 6.41. The number of carbonyl (C=O) groups excluding carboxylic acids is 1. The van der Waals surface area contributed by atoms with Crippen LogP contribution in [0.25, 0.3) is 0 Å². The van der Waals surface area contributed by atoms with Crippen LogP contribution >= 0.6 is 24.8 Å². The Balaban J connectivity index is 0.00000150. The molecule has 0 saturated carbocycles. The monoisotopic (exact) mass is 439 g/mol. The Morgan fingerprint density at radius 2 is 1.79 bits per heavy atom. The molecule has 0 aliphatic carbocycles. The number of fused-ring (bicyclic) bond motifs is 1. The van der Waals surface area contributed by atoms with Gasteiger partial charge in [-0.25, -0.2) is 4.39 Å². The summed E-state index contributed by atoms with van der Waals surface area (Å²) in [5.41, 5.74) is 3.94. The topological polar surface area (TPSA) is 36.4 Å². The van der Waals surface area contributed by atoms with Crippen molar-refractivity contribution >= 4 is 30.7 Å². The molecule has 1 aromatic heterocycles. The van der Waals surface area contributed by atoms with Crippen LogP contribution in [0.15, 0.2) is 36.4 Å². The maximum absolute atomic E-state index is 13.7. The van der Waals surface area contributed by atoms with Crippen LogP contribution in [0, 0.1) is 31.5 Å². The Morgan fingerprint density at radius 1 is 1.10 bits per heavy atom. The van der Waals surface area contributed by atoms with Crippen LogP contribution in [-0.2, 0) is 11.2 Å². The molecule has 2 aromatic rings. The molecule has 158 valence electrons. The van der Waals surface area contributed by atoms with Crippen LogP contribution in [0.5, 0.6) is 0 Å². The van der Waals surface area contributed by atoms with Gasteiger partial charge in [-0.1, -0.05) is 12.1 Å². The number of carbonyl (C=O) groups is 1. The third-order valence-corrected chi connectivity index (χ3v) is 5.93. The minimum absolute atomic E-state index is 0. The number of halogens is 3. The van der Waals surface area contributed by atoms with Crippen molar-refractivity contribution in [2.45, 2.75) is 26.3 Å². The summed E-state index contributed by atoms with van der Waals surface area (Å²) in [4.78, 5) is 21.6. The summed E-state index contributed by atoms with van der Waals surface area (Å²) < 4.78 is 13.7. The highest BCUT2D eigenvalue weighted by atomic mass is 35.5. The van der Waals surface area contributed by atoms with Gasteiger partial charge in [0, 0.05) is 43.0 Å². The van der Waals surface area contributed by atoms with E-state index in [1.165, 1.54) is 6.07 Å². The van der Waals surface area contributed by atoms with E-state index in [-0.39, 0.29) is 42.6 Å². The number of hydrogen-bond donors (Lipinski definition) is 0. The SMILES string of the molecule is Cc1cc(CC(=O)N2C[C@@H]3CN(C)[C@@H](c4cccc(F)c4)[C@@H]3C2)cc(C)n1.Cl.Cl. The molecule has 4 nitrogen and oxygen atoms in total. The van der Waals surface area contributed by atoms with Gasteiger partial charge in [-0.3, -0.25) is 14.7 Å². The molecule has 29 heavy (non-hydrogen) atoms. The van der Waals surface area contributed by atoms with Crippen LogP contribution in [0.4, 0.5) is 4.39 Å². The van der Waals surface area contributed by atoms with Crippen molar-refractivity contribution in [3.63, 3.8) is 0 Å². The largest absolute Gasteiger partial charge is 0.342 e. The van der Waals surface area contributed by atoms with E-state index >= 15 is 0 Å². The van der Waals surface area contributed by atoms with Crippen LogP contribution in [0.3, 0.4) is 0 Å². The lowest BCUT2D eigenvalue weighted by molar-refractivity contribution is -0.129. The number of amides is 1. The first-order chi connectivity index (χ1) is 12.9. The maximum Gasteiger partial charge on any atom is 0.227 e. The highest BCUT2D eigenvalue weighted by Crippen LogP contribution is 2.44. The van der Waals surface area contributed by atoms with E-state index in [9.17, 15) is 9.18 Å². The van der Waals surface area contributed by atoms with E-state index in [1.54, 1.807) is 12.1 Å². The van der Waals surface area contributed by atoms with Gasteiger partial charge in [-0.2, -0.15) is 0 Å². The van der Waals surface area contributed by atoms with Gasteiger partial charge in [0.15, 0.2) is 0 Å². The third kappa shape index (κ3) is 4.90. The van der Waals surface area contributed by atoms with E-state index in [0.29, 0.717) is 18.3 Å². The number of likely N-dealkylation sites (tertiary alicyclic amines) is 2. The summed E-state index contributed by atoms with van der Waals surface area (Å²) in [7, 11) is 2.10. The number of pyridine rings is 1. The van der Waals surface area contributed by atoms with Gasteiger partial charge in [-0.15, -0.1) is 24.8 Å². The minimum Gasteiger partial charge on any atom is -0.342 e. The quantitative estimate of drug-likeness (QED) is 0.725. The van der Waals surface area contributed by atoms with Crippen LogP contribution < -0.4 is 0 Å². The highest BCUT2D eigenvalue weighted by molar-refractivity contribution is 5.85. The van der Waals surface area contributed by atoms with Crippen molar-refractivity contribution in [1.82, 2.24) is 14.8 Å². The van der Waals surface area contributed by atoms with Gasteiger partial charge in [0.1, 0.15) is 5.82 Å². The van der Waals surface area contributed by atoms with Crippen molar-refractivity contribution in [1.29, 1.82) is 0 Å². The number of aromatic nitrogens is 1. The maximum atomic E-state index is 13.7. The van der Waals surface area contributed by atoms with Gasteiger partial charge in [-0.05, 0) is 62.2 Å². The van der Waals surface area contributed by atoms with E-state index in [0.717, 1.165) is 42.1 Å². The number of rotatable bonds is 3. The second kappa shape index (κ2) is 9.41. The Labute approximate surface area is 184 Å². The first-order valence-corrected chi connectivity index (χ1v) is 9.58. The molecule has 2 aliphatic heterocycles. The van der Waals surface area contributed by atoms with Crippen molar-refractivity contribution in [2.24, 2.45) is 11.8 Å². The smallest absolute Gasteiger partial charge is 0.227 e. The predicted molar refractivity (Wildman–Crippen MR) is 117 cm³/mol. The average molecular weight is 440 g/mol. The Hall–Kier alpha value is -1.69. The fourth-order valence-corrected chi connectivity index (χ4v) is 4.96. The summed E-state index contributed by atoms with van der Waals surface area (Å²) in [6, 6.07) is 11.1. The van der Waals surface area contributed by atoms with Gasteiger partial charge < -0.3 is 4.90 Å². The molecule has 2 fully saturated rings. The van der Waals surface area contributed by atoms with E-state index in [4.69, 9.17) is 0 Å². The summed E-state index contributed by atoms with van der Waals surface area (Å²) in [5.74, 6) is 0.795. The first-order valence-electron chi connectivity index (χ1n) is 9.58. The molecule has 0 radical (unpaired) electrons. The molecular formula is C22H28Cl2FN3O. The van der Waals surface area contributed by atoms with Crippen LogP contribution in [0.1, 0.15) is 28.6 Å². The first kappa shape index (κ1) is 23.6. The van der Waals surface area contributed by atoms with Gasteiger partial charge in [0.05, 0.1) is 6.42 Å². The number of aryl methyl sites for hydroxylation is 2. The van der Waals surface area contributed by atoms with E-state index in [1.807, 2.05) is 36.9 Å². The molecule has 0 N–H and O–H groups in total. The normalized spacial score (nSPS) is 23.3. The van der Waals surface area contributed by atoms with Crippen molar-refractivity contribution < 1.29 is 9.18 Å². The lowest BCUT2D eigenvalue weighted by atomic mass is 9.89. The predicted octanol–water partition coefficient (Wildman–Crippen LogP) is 3.98. The Bertz CT molecular complexity index is 859. The molecule has 3 heterocycles. The molecule has 2 aliphatic rings. The molecule has 3 atom stereocenters. The number of hydrogen-bond acceptors (Lipinski definition) is 3. The standard InChI is InChI=1S/C22H26FN3O.2ClH/c1-14-7-16(8-15(2)24-14)9-21(27)26-12-18-11-25(3)22(20(18)13-26)17-5-4-6-19(23)10-17;;/h4-8,10,18,20,22H,9,11-13H2,1-3H3;2*1H/t18-,20+,22-;;/m0../s1. The molecule has 1 aromatic carbocycles. The molecule has 1 amide bonds. The van der Waals surface area contributed by atoms with E-state index < -0.39 is 0 Å². The lowest BCUT2D eigenvalue weighted by Gasteiger charge is -2.27. The fraction of sp³-hybridized carbons (Fsp3) is 0.455. The van der Waals surface area contributed by atoms with Crippen molar-refractivity contribution in [3.8, 4) is 0 Å². The zero-order valence-corrected chi connectivity index (χ0v) is 18.6.